The van der Waals surface area contributed by atoms with Gasteiger partial charge in [0.05, 0.1) is 5.41 Å². The minimum atomic E-state index is -0.582. The van der Waals surface area contributed by atoms with Gasteiger partial charge in [0.1, 0.15) is 0 Å². The molecule has 15 heavy (non-hydrogen) atoms. The van der Waals surface area contributed by atoms with E-state index in [1.54, 1.807) is 0 Å². The predicted molar refractivity (Wildman–Crippen MR) is 61.9 cm³/mol. The van der Waals surface area contributed by atoms with Crippen molar-refractivity contribution in [1.29, 1.82) is 0 Å². The number of thioether (sulfide) groups is 1. The molecular weight excluding hydrogens is 210 g/mol. The second-order valence-corrected chi connectivity index (χ2v) is 6.01. The van der Waals surface area contributed by atoms with Crippen LogP contribution >= 0.6 is 11.8 Å². The second-order valence-electron chi connectivity index (χ2n) is 4.86. The fourth-order valence-corrected chi connectivity index (χ4v) is 4.31. The van der Waals surface area contributed by atoms with Gasteiger partial charge >= 0.3 is 5.97 Å². The highest BCUT2D eigenvalue weighted by atomic mass is 32.2. The van der Waals surface area contributed by atoms with E-state index in [-0.39, 0.29) is 6.04 Å². The van der Waals surface area contributed by atoms with Gasteiger partial charge < -0.3 is 10.8 Å². The van der Waals surface area contributed by atoms with Crippen molar-refractivity contribution in [3.05, 3.63) is 0 Å². The lowest BCUT2D eigenvalue weighted by molar-refractivity contribution is -0.155. The molecule has 3 nitrogen and oxygen atoms in total. The molecule has 0 aromatic carbocycles. The Balaban J connectivity index is 2.13. The van der Waals surface area contributed by atoms with Crippen molar-refractivity contribution in [3.63, 3.8) is 0 Å². The Morgan fingerprint density at radius 2 is 2.00 bits per heavy atom. The number of carboxylic acid groups (broad SMARTS) is 1. The van der Waals surface area contributed by atoms with Crippen LogP contribution in [0, 0.1) is 11.3 Å². The average molecular weight is 229 g/mol. The molecule has 1 saturated heterocycles. The van der Waals surface area contributed by atoms with E-state index >= 15 is 0 Å². The van der Waals surface area contributed by atoms with Crippen molar-refractivity contribution in [2.45, 2.75) is 38.1 Å². The summed E-state index contributed by atoms with van der Waals surface area (Å²) in [6, 6.07) is 0.228. The Kier molecular flexibility index (Phi) is 3.26. The first-order valence-corrected chi connectivity index (χ1v) is 6.87. The van der Waals surface area contributed by atoms with E-state index < -0.39 is 11.4 Å². The van der Waals surface area contributed by atoms with E-state index in [1.807, 2.05) is 11.8 Å². The summed E-state index contributed by atoms with van der Waals surface area (Å²) in [5.41, 5.74) is 5.41. The third kappa shape index (κ3) is 2.02. The highest BCUT2D eigenvalue weighted by Crippen LogP contribution is 2.47. The largest absolute Gasteiger partial charge is 0.481 e. The fourth-order valence-electron chi connectivity index (χ4n) is 2.92. The van der Waals surface area contributed by atoms with Crippen molar-refractivity contribution in [3.8, 4) is 0 Å². The highest BCUT2D eigenvalue weighted by molar-refractivity contribution is 7.99. The standard InChI is InChI=1S/C11H19NO2S/c12-9-1-4-11(5-2-9,10(13)14)8-3-6-15-7-8/h8-9H,1-7,12H2,(H,13,14). The monoisotopic (exact) mass is 229 g/mol. The van der Waals surface area contributed by atoms with Gasteiger partial charge in [0, 0.05) is 6.04 Å². The Morgan fingerprint density at radius 1 is 1.33 bits per heavy atom. The molecule has 2 aliphatic rings. The Hall–Kier alpha value is -0.220. The third-order valence-electron chi connectivity index (χ3n) is 4.06. The molecule has 2 rings (SSSR count). The fraction of sp³-hybridized carbons (Fsp3) is 0.909. The van der Waals surface area contributed by atoms with E-state index in [1.165, 1.54) is 0 Å². The van der Waals surface area contributed by atoms with Gasteiger partial charge in [-0.2, -0.15) is 11.8 Å². The van der Waals surface area contributed by atoms with Gasteiger partial charge in [0.2, 0.25) is 0 Å². The zero-order valence-corrected chi connectivity index (χ0v) is 9.76. The number of hydrogen-bond donors (Lipinski definition) is 2. The molecule has 1 aliphatic heterocycles. The second kappa shape index (κ2) is 4.34. The lowest BCUT2D eigenvalue weighted by Gasteiger charge is -2.39. The van der Waals surface area contributed by atoms with Crippen LogP contribution in [0.5, 0.6) is 0 Å². The Morgan fingerprint density at radius 3 is 2.47 bits per heavy atom. The van der Waals surface area contributed by atoms with Crippen LogP contribution in [0.1, 0.15) is 32.1 Å². The zero-order chi connectivity index (χ0) is 10.9. The first kappa shape index (κ1) is 11.3. The van der Waals surface area contributed by atoms with Crippen molar-refractivity contribution >= 4 is 17.7 Å². The molecule has 0 radical (unpaired) electrons. The first-order chi connectivity index (χ1) is 7.15. The molecular formula is C11H19NO2S. The van der Waals surface area contributed by atoms with E-state index in [0.29, 0.717) is 5.92 Å². The third-order valence-corrected chi connectivity index (χ3v) is 5.22. The van der Waals surface area contributed by atoms with Gasteiger partial charge in [-0.1, -0.05) is 0 Å². The lowest BCUT2D eigenvalue weighted by Crippen LogP contribution is -2.44. The minimum Gasteiger partial charge on any atom is -0.481 e. The van der Waals surface area contributed by atoms with Crippen LogP contribution in [0.3, 0.4) is 0 Å². The number of rotatable bonds is 2. The first-order valence-electron chi connectivity index (χ1n) is 5.72. The van der Waals surface area contributed by atoms with E-state index in [0.717, 1.165) is 43.6 Å². The van der Waals surface area contributed by atoms with Gasteiger partial charge in [-0.25, -0.2) is 0 Å². The number of nitrogens with two attached hydrogens (primary N) is 1. The molecule has 0 aromatic rings. The smallest absolute Gasteiger partial charge is 0.309 e. The lowest BCUT2D eigenvalue weighted by atomic mass is 9.65. The molecule has 1 aliphatic carbocycles. The highest BCUT2D eigenvalue weighted by Gasteiger charge is 2.48. The molecule has 0 bridgehead atoms. The van der Waals surface area contributed by atoms with Gasteiger partial charge in [-0.15, -0.1) is 0 Å². The van der Waals surface area contributed by atoms with E-state index in [9.17, 15) is 9.90 Å². The van der Waals surface area contributed by atoms with Gasteiger partial charge in [-0.3, -0.25) is 4.79 Å². The van der Waals surface area contributed by atoms with Crippen LogP contribution in [0.15, 0.2) is 0 Å². The van der Waals surface area contributed by atoms with Crippen LogP contribution in [0.4, 0.5) is 0 Å². The maximum Gasteiger partial charge on any atom is 0.309 e. The summed E-state index contributed by atoms with van der Waals surface area (Å²) in [5, 5.41) is 9.49. The van der Waals surface area contributed by atoms with Crippen LogP contribution in [0.2, 0.25) is 0 Å². The Labute approximate surface area is 94.8 Å². The van der Waals surface area contributed by atoms with Gasteiger partial charge in [0.25, 0.3) is 0 Å². The molecule has 86 valence electrons. The number of carboxylic acids is 1. The topological polar surface area (TPSA) is 63.3 Å². The molecule has 1 atom stereocenters. The molecule has 3 N–H and O–H groups in total. The van der Waals surface area contributed by atoms with Crippen LogP contribution in [0.25, 0.3) is 0 Å². The van der Waals surface area contributed by atoms with Crippen LogP contribution in [-0.2, 0) is 4.79 Å². The normalized spacial score (nSPS) is 41.7. The summed E-state index contributed by atoms with van der Waals surface area (Å²) in [7, 11) is 0. The molecule has 1 unspecified atom stereocenters. The Bertz CT molecular complexity index is 243. The maximum absolute atomic E-state index is 11.5. The summed E-state index contributed by atoms with van der Waals surface area (Å²) < 4.78 is 0. The number of hydrogen-bond acceptors (Lipinski definition) is 3. The van der Waals surface area contributed by atoms with E-state index in [2.05, 4.69) is 0 Å². The number of aliphatic carboxylic acids is 1. The zero-order valence-electron chi connectivity index (χ0n) is 8.95. The van der Waals surface area contributed by atoms with Crippen molar-refractivity contribution in [1.82, 2.24) is 0 Å². The maximum atomic E-state index is 11.5. The van der Waals surface area contributed by atoms with E-state index in [4.69, 9.17) is 5.73 Å². The van der Waals surface area contributed by atoms with Crippen molar-refractivity contribution in [2.24, 2.45) is 17.1 Å². The SMILES string of the molecule is NC1CCC(C(=O)O)(C2CCSC2)CC1. The summed E-state index contributed by atoms with van der Waals surface area (Å²) in [5.74, 6) is 1.96. The van der Waals surface area contributed by atoms with Gasteiger partial charge in [0.15, 0.2) is 0 Å². The predicted octanol–water partition coefficient (Wildman–Crippen LogP) is 1.71. The van der Waals surface area contributed by atoms with Gasteiger partial charge in [-0.05, 0) is 49.5 Å². The molecule has 4 heteroatoms. The summed E-state index contributed by atoms with van der Waals surface area (Å²) >= 11 is 1.90. The molecule has 0 aromatic heterocycles. The molecule has 0 spiro atoms. The van der Waals surface area contributed by atoms with Crippen molar-refractivity contribution in [2.75, 3.05) is 11.5 Å². The summed E-state index contributed by atoms with van der Waals surface area (Å²) in [6.07, 6.45) is 4.41. The van der Waals surface area contributed by atoms with Crippen LogP contribution < -0.4 is 5.73 Å². The minimum absolute atomic E-state index is 0.228. The average Bonchev–Trinajstić information content (AvgIpc) is 2.72. The summed E-state index contributed by atoms with van der Waals surface area (Å²) in [6.45, 7) is 0. The number of carbonyl (C=O) groups is 1. The quantitative estimate of drug-likeness (QED) is 0.756. The van der Waals surface area contributed by atoms with Crippen molar-refractivity contribution < 1.29 is 9.90 Å². The molecule has 1 heterocycles. The molecule has 2 fully saturated rings. The molecule has 0 amide bonds. The molecule has 1 saturated carbocycles. The summed E-state index contributed by atoms with van der Waals surface area (Å²) in [4.78, 5) is 11.5. The van der Waals surface area contributed by atoms with Crippen LogP contribution in [-0.4, -0.2) is 28.6 Å².